The summed E-state index contributed by atoms with van der Waals surface area (Å²) in [6.45, 7) is 2.48. The standard InChI is InChI=1S/C25H35N5O4/c1-29-14-10-25(11-15-29)9-4-5-12-30(13-8-21(31)22(32)17-27-24(25)34)23(33)20-16-26-18-6-2-3-7-19(18)28-20/h2-3,6-7,16,21-22,31-32H,4-5,8-15,17H2,1H3,(H,27,34)/t21-,22+/m0/s1. The number of aliphatic hydroxyl groups is 2. The third-order valence-electron chi connectivity index (χ3n) is 7.32. The van der Waals surface area contributed by atoms with Crippen LogP contribution in [0.3, 0.4) is 0 Å². The van der Waals surface area contributed by atoms with Crippen LogP contribution in [-0.4, -0.2) is 93.8 Å². The highest BCUT2D eigenvalue weighted by molar-refractivity contribution is 5.93. The largest absolute Gasteiger partial charge is 0.390 e. The van der Waals surface area contributed by atoms with Gasteiger partial charge >= 0.3 is 0 Å². The zero-order chi connectivity index (χ0) is 24.1. The van der Waals surface area contributed by atoms with Gasteiger partial charge in [-0.05, 0) is 64.4 Å². The predicted molar refractivity (Wildman–Crippen MR) is 128 cm³/mol. The van der Waals surface area contributed by atoms with Crippen LogP contribution in [0, 0.1) is 5.41 Å². The molecule has 2 aromatic rings. The number of hydrogen-bond donors (Lipinski definition) is 3. The number of fused-ring (bicyclic) bond motifs is 1. The number of amides is 2. The van der Waals surface area contributed by atoms with Crippen LogP contribution in [0.15, 0.2) is 30.5 Å². The summed E-state index contributed by atoms with van der Waals surface area (Å²) >= 11 is 0. The third kappa shape index (κ3) is 5.54. The van der Waals surface area contributed by atoms with E-state index in [1.165, 1.54) is 6.20 Å². The lowest BCUT2D eigenvalue weighted by molar-refractivity contribution is -0.135. The average Bonchev–Trinajstić information content (AvgIpc) is 2.87. The molecule has 2 aliphatic heterocycles. The van der Waals surface area contributed by atoms with Crippen molar-refractivity contribution in [3.63, 3.8) is 0 Å². The van der Waals surface area contributed by atoms with Gasteiger partial charge in [0.15, 0.2) is 0 Å². The van der Waals surface area contributed by atoms with Gasteiger partial charge in [-0.25, -0.2) is 4.98 Å². The van der Waals surface area contributed by atoms with Gasteiger partial charge in [0.25, 0.3) is 5.91 Å². The SMILES string of the molecule is CN1CCC2(CCCCN(C(=O)c3cnc4ccccc4n3)CC[C@H](O)[C@H](O)CNC2=O)CC1. The Morgan fingerprint density at radius 3 is 2.53 bits per heavy atom. The van der Waals surface area contributed by atoms with Crippen molar-refractivity contribution in [1.82, 2.24) is 25.1 Å². The summed E-state index contributed by atoms with van der Waals surface area (Å²) in [4.78, 5) is 39.2. The second-order valence-electron chi connectivity index (χ2n) is 9.71. The van der Waals surface area contributed by atoms with Gasteiger partial charge < -0.3 is 25.3 Å². The summed E-state index contributed by atoms with van der Waals surface area (Å²) in [6.07, 6.45) is 3.40. The van der Waals surface area contributed by atoms with E-state index in [4.69, 9.17) is 0 Å². The molecule has 2 saturated heterocycles. The molecule has 0 unspecified atom stereocenters. The molecule has 3 N–H and O–H groups in total. The summed E-state index contributed by atoms with van der Waals surface area (Å²) in [6, 6.07) is 7.41. The van der Waals surface area contributed by atoms with Crippen molar-refractivity contribution in [3.05, 3.63) is 36.2 Å². The van der Waals surface area contributed by atoms with Crippen molar-refractivity contribution in [3.8, 4) is 0 Å². The van der Waals surface area contributed by atoms with Crippen molar-refractivity contribution in [2.45, 2.75) is 50.7 Å². The number of carbonyl (C=O) groups is 2. The number of carbonyl (C=O) groups excluding carboxylic acids is 2. The van der Waals surface area contributed by atoms with Crippen LogP contribution in [0.4, 0.5) is 0 Å². The van der Waals surface area contributed by atoms with E-state index in [1.807, 2.05) is 24.3 Å². The Balaban J connectivity index is 1.51. The maximum atomic E-state index is 13.3. The van der Waals surface area contributed by atoms with E-state index in [0.717, 1.165) is 50.7 Å². The Morgan fingerprint density at radius 2 is 1.76 bits per heavy atom. The minimum absolute atomic E-state index is 0.00167. The second kappa shape index (κ2) is 10.8. The van der Waals surface area contributed by atoms with Gasteiger partial charge in [-0.15, -0.1) is 0 Å². The molecule has 34 heavy (non-hydrogen) atoms. The van der Waals surface area contributed by atoms with Gasteiger partial charge in [-0.1, -0.05) is 18.6 Å². The first-order valence-corrected chi connectivity index (χ1v) is 12.2. The molecule has 0 bridgehead atoms. The lowest BCUT2D eigenvalue weighted by Gasteiger charge is -2.39. The Kier molecular flexibility index (Phi) is 7.75. The van der Waals surface area contributed by atoms with Crippen LogP contribution in [0.5, 0.6) is 0 Å². The number of rotatable bonds is 1. The molecule has 2 atom stereocenters. The van der Waals surface area contributed by atoms with Gasteiger partial charge in [0, 0.05) is 19.6 Å². The zero-order valence-electron chi connectivity index (χ0n) is 19.8. The minimum atomic E-state index is -1.09. The van der Waals surface area contributed by atoms with Crippen LogP contribution in [0.2, 0.25) is 0 Å². The number of hydrogen-bond acceptors (Lipinski definition) is 7. The molecule has 2 aliphatic rings. The number of β-amino-alcohol motifs (C(OH)–C–C–N with tert-alkyl or cyclic N) is 1. The van der Waals surface area contributed by atoms with Crippen LogP contribution in [0.1, 0.15) is 49.0 Å². The number of likely N-dealkylation sites (tertiary alicyclic amines) is 1. The van der Waals surface area contributed by atoms with Gasteiger partial charge in [-0.2, -0.15) is 0 Å². The molecule has 0 saturated carbocycles. The number of nitrogens with zero attached hydrogens (tertiary/aromatic N) is 4. The highest BCUT2D eigenvalue weighted by atomic mass is 16.3. The molecule has 2 fully saturated rings. The number of piperidine rings is 1. The molecule has 1 aromatic heterocycles. The van der Waals surface area contributed by atoms with Gasteiger partial charge in [-0.3, -0.25) is 14.6 Å². The van der Waals surface area contributed by atoms with E-state index in [2.05, 4.69) is 27.2 Å². The maximum absolute atomic E-state index is 13.3. The van der Waals surface area contributed by atoms with E-state index in [-0.39, 0.29) is 37.0 Å². The topological polar surface area (TPSA) is 119 Å². The fourth-order valence-electron chi connectivity index (χ4n) is 4.94. The number of nitrogens with one attached hydrogen (secondary N) is 1. The van der Waals surface area contributed by atoms with Crippen LogP contribution in [0.25, 0.3) is 11.0 Å². The molecule has 9 heteroatoms. The number of benzene rings is 1. The van der Waals surface area contributed by atoms with Crippen LogP contribution >= 0.6 is 0 Å². The summed E-state index contributed by atoms with van der Waals surface area (Å²) in [5.74, 6) is -0.275. The van der Waals surface area contributed by atoms with E-state index in [0.29, 0.717) is 12.1 Å². The fraction of sp³-hybridized carbons (Fsp3) is 0.600. The number of para-hydroxylation sites is 2. The molecule has 3 heterocycles. The van der Waals surface area contributed by atoms with Gasteiger partial charge in [0.05, 0.1) is 34.9 Å². The smallest absolute Gasteiger partial charge is 0.274 e. The lowest BCUT2D eigenvalue weighted by atomic mass is 9.73. The van der Waals surface area contributed by atoms with Gasteiger partial charge in [0.2, 0.25) is 5.91 Å². The highest BCUT2D eigenvalue weighted by Gasteiger charge is 2.40. The quantitative estimate of drug-likeness (QED) is 0.574. The second-order valence-corrected chi connectivity index (χ2v) is 9.71. The molecule has 0 radical (unpaired) electrons. The molecular weight excluding hydrogens is 434 g/mol. The first-order chi connectivity index (χ1) is 16.4. The van der Waals surface area contributed by atoms with Crippen molar-refractivity contribution >= 4 is 22.8 Å². The van der Waals surface area contributed by atoms with Crippen LogP contribution in [-0.2, 0) is 4.79 Å². The van der Waals surface area contributed by atoms with E-state index < -0.39 is 17.6 Å². The zero-order valence-corrected chi connectivity index (χ0v) is 19.8. The van der Waals surface area contributed by atoms with Crippen LogP contribution < -0.4 is 5.32 Å². The third-order valence-corrected chi connectivity index (χ3v) is 7.32. The Hall–Kier alpha value is -2.62. The molecule has 2 amide bonds. The molecule has 1 spiro atoms. The van der Waals surface area contributed by atoms with Crippen molar-refractivity contribution in [2.75, 3.05) is 39.8 Å². The Morgan fingerprint density at radius 1 is 1.03 bits per heavy atom. The van der Waals surface area contributed by atoms with E-state index in [1.54, 1.807) is 4.90 Å². The number of aliphatic hydroxyl groups excluding tert-OH is 2. The van der Waals surface area contributed by atoms with Crippen molar-refractivity contribution < 1.29 is 19.8 Å². The Labute approximate surface area is 200 Å². The van der Waals surface area contributed by atoms with Crippen molar-refractivity contribution in [1.29, 1.82) is 0 Å². The maximum Gasteiger partial charge on any atom is 0.274 e. The van der Waals surface area contributed by atoms with Crippen molar-refractivity contribution in [2.24, 2.45) is 5.41 Å². The normalized spacial score (nSPS) is 25.3. The highest BCUT2D eigenvalue weighted by Crippen LogP contribution is 2.37. The molecule has 1 aromatic carbocycles. The first kappa shape index (κ1) is 24.5. The monoisotopic (exact) mass is 469 g/mol. The van der Waals surface area contributed by atoms with Gasteiger partial charge in [0.1, 0.15) is 5.69 Å². The minimum Gasteiger partial charge on any atom is -0.390 e. The Bertz CT molecular complexity index is 1010. The fourth-order valence-corrected chi connectivity index (χ4v) is 4.94. The average molecular weight is 470 g/mol. The molecule has 0 aliphatic carbocycles. The first-order valence-electron chi connectivity index (χ1n) is 12.2. The lowest BCUT2D eigenvalue weighted by Crippen LogP contribution is -2.50. The summed E-state index contributed by atoms with van der Waals surface area (Å²) in [5.41, 5.74) is 1.18. The summed E-state index contributed by atoms with van der Waals surface area (Å²) in [7, 11) is 2.06. The van der Waals surface area contributed by atoms with E-state index in [9.17, 15) is 19.8 Å². The predicted octanol–water partition coefficient (Wildman–Crippen LogP) is 1.20. The summed E-state index contributed by atoms with van der Waals surface area (Å²) in [5, 5.41) is 23.8. The molecule has 184 valence electrons. The van der Waals surface area contributed by atoms with E-state index >= 15 is 0 Å². The molecular formula is C25H35N5O4. The summed E-state index contributed by atoms with van der Waals surface area (Å²) < 4.78 is 0. The molecule has 4 rings (SSSR count). The molecule has 9 nitrogen and oxygen atoms in total. The number of aromatic nitrogens is 2.